The molecule has 0 saturated carbocycles. The molecule has 0 radical (unpaired) electrons. The molecule has 6 nitrogen and oxygen atoms in total. The van der Waals surface area contributed by atoms with E-state index >= 15 is 0 Å². The molecule has 0 unspecified atom stereocenters. The van der Waals surface area contributed by atoms with Crippen molar-refractivity contribution in [2.24, 2.45) is 0 Å². The lowest BCUT2D eigenvalue weighted by Gasteiger charge is -2.34. The van der Waals surface area contributed by atoms with Gasteiger partial charge in [-0.2, -0.15) is 4.31 Å². The minimum atomic E-state index is -3.60. The van der Waals surface area contributed by atoms with Gasteiger partial charge in [-0.1, -0.05) is 42.5 Å². The second-order valence-electron chi connectivity index (χ2n) is 7.01. The smallest absolute Gasteiger partial charge is 0.260 e. The van der Waals surface area contributed by atoms with E-state index in [4.69, 9.17) is 4.74 Å². The van der Waals surface area contributed by atoms with Crippen LogP contribution < -0.4 is 4.74 Å². The van der Waals surface area contributed by atoms with Crippen molar-refractivity contribution in [3.63, 3.8) is 0 Å². The van der Waals surface area contributed by atoms with Crippen LogP contribution in [-0.2, 0) is 14.8 Å². The Morgan fingerprint density at radius 2 is 1.57 bits per heavy atom. The van der Waals surface area contributed by atoms with E-state index < -0.39 is 10.0 Å². The molecule has 0 bridgehead atoms. The average molecular weight is 489 g/mol. The molecule has 3 aromatic rings. The Balaban J connectivity index is 1.34. The van der Waals surface area contributed by atoms with Gasteiger partial charge in [0.1, 0.15) is 5.75 Å². The summed E-state index contributed by atoms with van der Waals surface area (Å²) >= 11 is 3.30. The molecule has 30 heavy (non-hydrogen) atoms. The van der Waals surface area contributed by atoms with Crippen molar-refractivity contribution in [1.82, 2.24) is 9.21 Å². The SMILES string of the molecule is O=C(COc1ccc2ccccc2c1)N1CCN(S(=O)(=O)c2ccccc2Br)CC1. The molecule has 8 heteroatoms. The van der Waals surface area contributed by atoms with Crippen molar-refractivity contribution in [2.45, 2.75) is 4.90 Å². The predicted molar refractivity (Wildman–Crippen MR) is 119 cm³/mol. The minimum Gasteiger partial charge on any atom is -0.484 e. The predicted octanol–water partition coefficient (Wildman–Crippen LogP) is 3.51. The highest BCUT2D eigenvalue weighted by molar-refractivity contribution is 9.10. The molecule has 0 aliphatic carbocycles. The summed E-state index contributed by atoms with van der Waals surface area (Å²) in [4.78, 5) is 14.4. The number of carbonyl (C=O) groups excluding carboxylic acids is 1. The number of sulfonamides is 1. The van der Waals surface area contributed by atoms with E-state index in [9.17, 15) is 13.2 Å². The first-order valence-electron chi connectivity index (χ1n) is 9.59. The number of hydrogen-bond donors (Lipinski definition) is 0. The lowest BCUT2D eigenvalue weighted by Crippen LogP contribution is -2.51. The number of carbonyl (C=O) groups is 1. The van der Waals surface area contributed by atoms with Crippen molar-refractivity contribution in [3.8, 4) is 5.75 Å². The fourth-order valence-electron chi connectivity index (χ4n) is 3.46. The first-order chi connectivity index (χ1) is 14.4. The molecule has 4 rings (SSSR count). The van der Waals surface area contributed by atoms with E-state index in [1.165, 1.54) is 4.31 Å². The van der Waals surface area contributed by atoms with Gasteiger partial charge in [0.15, 0.2) is 6.61 Å². The first kappa shape index (κ1) is 20.8. The zero-order valence-electron chi connectivity index (χ0n) is 16.2. The standard InChI is InChI=1S/C22H21BrN2O4S/c23-20-7-3-4-8-21(20)30(27,28)25-13-11-24(12-14-25)22(26)16-29-19-10-9-17-5-1-2-6-18(17)15-19/h1-10,15H,11-14,16H2. The largest absolute Gasteiger partial charge is 0.484 e. The van der Waals surface area contributed by atoms with Gasteiger partial charge < -0.3 is 9.64 Å². The van der Waals surface area contributed by atoms with Crippen LogP contribution in [0.2, 0.25) is 0 Å². The van der Waals surface area contributed by atoms with Crippen LogP contribution >= 0.6 is 15.9 Å². The lowest BCUT2D eigenvalue weighted by molar-refractivity contribution is -0.134. The second kappa shape index (κ2) is 8.75. The zero-order valence-corrected chi connectivity index (χ0v) is 18.6. The van der Waals surface area contributed by atoms with Crippen molar-refractivity contribution in [2.75, 3.05) is 32.8 Å². The Kier molecular flexibility index (Phi) is 6.08. The molecule has 0 atom stereocenters. The van der Waals surface area contributed by atoms with E-state index in [-0.39, 0.29) is 30.5 Å². The normalized spacial score (nSPS) is 15.3. The summed E-state index contributed by atoms with van der Waals surface area (Å²) in [6, 6.07) is 20.4. The van der Waals surface area contributed by atoms with E-state index in [1.807, 2.05) is 42.5 Å². The number of fused-ring (bicyclic) bond motifs is 1. The van der Waals surface area contributed by atoms with Gasteiger partial charge in [0.05, 0.1) is 4.90 Å². The van der Waals surface area contributed by atoms with E-state index in [2.05, 4.69) is 15.9 Å². The summed E-state index contributed by atoms with van der Waals surface area (Å²) in [5.74, 6) is 0.485. The molecule has 1 saturated heterocycles. The number of amides is 1. The Bertz CT molecular complexity index is 1170. The molecule has 1 aliphatic rings. The number of rotatable bonds is 5. The van der Waals surface area contributed by atoms with Gasteiger partial charge >= 0.3 is 0 Å². The van der Waals surface area contributed by atoms with Crippen molar-refractivity contribution in [1.29, 1.82) is 0 Å². The van der Waals surface area contributed by atoms with Crippen LogP contribution in [0.5, 0.6) is 5.75 Å². The highest BCUT2D eigenvalue weighted by Gasteiger charge is 2.31. The van der Waals surface area contributed by atoms with Gasteiger partial charge in [-0.05, 0) is 51.0 Å². The number of ether oxygens (including phenoxy) is 1. The van der Waals surface area contributed by atoms with Crippen LogP contribution in [0.1, 0.15) is 0 Å². The number of piperazine rings is 1. The van der Waals surface area contributed by atoms with Gasteiger partial charge in [0.25, 0.3) is 5.91 Å². The summed E-state index contributed by atoms with van der Waals surface area (Å²) in [6.45, 7) is 1.11. The summed E-state index contributed by atoms with van der Waals surface area (Å²) in [6.07, 6.45) is 0. The Labute approximate surface area is 184 Å². The topological polar surface area (TPSA) is 66.9 Å². The Hall–Kier alpha value is -2.42. The molecule has 1 fully saturated rings. The van der Waals surface area contributed by atoms with Gasteiger partial charge in [-0.15, -0.1) is 0 Å². The third-order valence-electron chi connectivity index (χ3n) is 5.13. The van der Waals surface area contributed by atoms with Gasteiger partial charge in [-0.25, -0.2) is 8.42 Å². The highest BCUT2D eigenvalue weighted by Crippen LogP contribution is 2.25. The quantitative estimate of drug-likeness (QED) is 0.550. The van der Waals surface area contributed by atoms with Crippen LogP contribution in [0.4, 0.5) is 0 Å². The van der Waals surface area contributed by atoms with Crippen molar-refractivity contribution in [3.05, 3.63) is 71.2 Å². The Morgan fingerprint density at radius 3 is 2.30 bits per heavy atom. The molecule has 1 amide bonds. The molecule has 0 aromatic heterocycles. The third-order valence-corrected chi connectivity index (χ3v) is 8.04. The monoisotopic (exact) mass is 488 g/mol. The van der Waals surface area contributed by atoms with Crippen LogP contribution in [0.3, 0.4) is 0 Å². The first-order valence-corrected chi connectivity index (χ1v) is 11.8. The maximum absolute atomic E-state index is 12.9. The fourth-order valence-corrected chi connectivity index (χ4v) is 5.85. The lowest BCUT2D eigenvalue weighted by atomic mass is 10.1. The maximum atomic E-state index is 12.9. The molecule has 3 aromatic carbocycles. The third kappa shape index (κ3) is 4.35. The average Bonchev–Trinajstić information content (AvgIpc) is 2.77. The number of benzene rings is 3. The van der Waals surface area contributed by atoms with E-state index in [0.717, 1.165) is 10.8 Å². The summed E-state index contributed by atoms with van der Waals surface area (Å²) < 4.78 is 33.4. The number of hydrogen-bond acceptors (Lipinski definition) is 4. The number of halogens is 1. The molecule has 0 N–H and O–H groups in total. The molecule has 1 aliphatic heterocycles. The van der Waals surface area contributed by atoms with Crippen LogP contribution in [0.15, 0.2) is 76.1 Å². The maximum Gasteiger partial charge on any atom is 0.260 e. The summed E-state index contributed by atoms with van der Waals surface area (Å²) in [5.41, 5.74) is 0. The van der Waals surface area contributed by atoms with Gasteiger partial charge in [0.2, 0.25) is 10.0 Å². The van der Waals surface area contributed by atoms with E-state index in [1.54, 1.807) is 29.2 Å². The molecule has 0 spiro atoms. The summed E-state index contributed by atoms with van der Waals surface area (Å²) in [5, 5.41) is 2.16. The number of nitrogens with zero attached hydrogens (tertiary/aromatic N) is 2. The van der Waals surface area contributed by atoms with Crippen LogP contribution in [0.25, 0.3) is 10.8 Å². The molecule has 156 valence electrons. The van der Waals surface area contributed by atoms with Crippen LogP contribution in [0, 0.1) is 0 Å². The minimum absolute atomic E-state index is 0.0741. The van der Waals surface area contributed by atoms with Crippen LogP contribution in [-0.4, -0.2) is 56.3 Å². The van der Waals surface area contributed by atoms with Crippen molar-refractivity contribution >= 4 is 42.6 Å². The van der Waals surface area contributed by atoms with Gasteiger partial charge in [0, 0.05) is 30.7 Å². The van der Waals surface area contributed by atoms with E-state index in [0.29, 0.717) is 23.3 Å². The Morgan fingerprint density at radius 1 is 0.900 bits per heavy atom. The van der Waals surface area contributed by atoms with Crippen molar-refractivity contribution < 1.29 is 17.9 Å². The molecular weight excluding hydrogens is 468 g/mol. The summed E-state index contributed by atoms with van der Waals surface area (Å²) in [7, 11) is -3.60. The fraction of sp³-hybridized carbons (Fsp3) is 0.227. The second-order valence-corrected chi connectivity index (χ2v) is 9.77. The van der Waals surface area contributed by atoms with Gasteiger partial charge in [-0.3, -0.25) is 4.79 Å². The highest BCUT2D eigenvalue weighted by atomic mass is 79.9. The molecule has 1 heterocycles. The zero-order chi connectivity index (χ0) is 21.1. The molecular formula is C22H21BrN2O4S.